The van der Waals surface area contributed by atoms with E-state index in [2.05, 4.69) is 15.3 Å². The molecule has 0 aliphatic heterocycles. The van der Waals surface area contributed by atoms with Gasteiger partial charge in [0.2, 0.25) is 0 Å². The number of imidazole rings is 1. The van der Waals surface area contributed by atoms with Crippen LogP contribution in [-0.4, -0.2) is 20.4 Å². The van der Waals surface area contributed by atoms with Gasteiger partial charge in [0.25, 0.3) is 5.91 Å². The number of aromatic nitrogens is 3. The first-order valence-corrected chi connectivity index (χ1v) is 6.55. The average Bonchev–Trinajstić information content (AvgIpc) is 3.13. The van der Waals surface area contributed by atoms with E-state index in [4.69, 9.17) is 0 Å². The van der Waals surface area contributed by atoms with Crippen LogP contribution in [0.1, 0.15) is 10.4 Å². The smallest absolute Gasteiger partial charge is 0.256 e. The van der Waals surface area contributed by atoms with Crippen molar-refractivity contribution in [3.63, 3.8) is 0 Å². The molecule has 3 heterocycles. The maximum atomic E-state index is 11.8. The molecule has 0 unspecified atom stereocenters. The van der Waals surface area contributed by atoms with Crippen molar-refractivity contribution in [1.82, 2.24) is 14.5 Å². The molecule has 3 aromatic heterocycles. The third-order valence-electron chi connectivity index (χ3n) is 2.56. The zero-order valence-corrected chi connectivity index (χ0v) is 10.7. The van der Waals surface area contributed by atoms with Crippen molar-refractivity contribution >= 4 is 22.9 Å². The Hall–Kier alpha value is -2.47. The molecule has 0 aliphatic rings. The van der Waals surface area contributed by atoms with Crippen LogP contribution in [0.15, 0.2) is 53.9 Å². The Balaban J connectivity index is 1.75. The second kappa shape index (κ2) is 5.03. The van der Waals surface area contributed by atoms with Crippen LogP contribution in [0.3, 0.4) is 0 Å². The van der Waals surface area contributed by atoms with Crippen LogP contribution in [0.5, 0.6) is 0 Å². The van der Waals surface area contributed by atoms with Crippen LogP contribution in [0.25, 0.3) is 5.82 Å². The van der Waals surface area contributed by atoms with Gasteiger partial charge in [0.05, 0.1) is 17.4 Å². The molecule has 0 spiro atoms. The van der Waals surface area contributed by atoms with E-state index in [1.54, 1.807) is 29.4 Å². The van der Waals surface area contributed by atoms with E-state index in [1.165, 1.54) is 11.3 Å². The van der Waals surface area contributed by atoms with Gasteiger partial charge in [-0.1, -0.05) is 0 Å². The monoisotopic (exact) mass is 270 g/mol. The van der Waals surface area contributed by atoms with Gasteiger partial charge in [0.1, 0.15) is 12.1 Å². The predicted octanol–water partition coefficient (Wildman–Crippen LogP) is 2.58. The summed E-state index contributed by atoms with van der Waals surface area (Å²) in [5.74, 6) is 0.629. The molecule has 3 rings (SSSR count). The van der Waals surface area contributed by atoms with Gasteiger partial charge in [-0.15, -0.1) is 0 Å². The molecule has 0 radical (unpaired) electrons. The Labute approximate surface area is 113 Å². The van der Waals surface area contributed by atoms with Crippen molar-refractivity contribution < 1.29 is 4.79 Å². The van der Waals surface area contributed by atoms with E-state index in [-0.39, 0.29) is 5.91 Å². The fourth-order valence-corrected chi connectivity index (χ4v) is 2.24. The van der Waals surface area contributed by atoms with E-state index in [9.17, 15) is 4.79 Å². The molecule has 0 aliphatic carbocycles. The summed E-state index contributed by atoms with van der Waals surface area (Å²) in [6.07, 6.45) is 6.80. The lowest BCUT2D eigenvalue weighted by Crippen LogP contribution is -2.11. The molecule has 3 aromatic rings. The maximum absolute atomic E-state index is 11.8. The topological polar surface area (TPSA) is 59.8 Å². The summed E-state index contributed by atoms with van der Waals surface area (Å²) in [4.78, 5) is 20.1. The average molecular weight is 270 g/mol. The molecular formula is C13H10N4OS. The van der Waals surface area contributed by atoms with E-state index < -0.39 is 0 Å². The van der Waals surface area contributed by atoms with Crippen LogP contribution in [0, 0.1) is 0 Å². The second-order valence-electron chi connectivity index (χ2n) is 3.84. The highest BCUT2D eigenvalue weighted by Gasteiger charge is 2.06. The lowest BCUT2D eigenvalue weighted by Gasteiger charge is -2.05. The number of anilines is 1. The third-order valence-corrected chi connectivity index (χ3v) is 3.24. The Kier molecular flexibility index (Phi) is 3.07. The molecule has 19 heavy (non-hydrogen) atoms. The Morgan fingerprint density at radius 3 is 2.89 bits per heavy atom. The molecular weight excluding hydrogens is 260 g/mol. The van der Waals surface area contributed by atoms with Crippen LogP contribution in [0.4, 0.5) is 5.69 Å². The summed E-state index contributed by atoms with van der Waals surface area (Å²) >= 11 is 1.49. The molecule has 6 heteroatoms. The van der Waals surface area contributed by atoms with Crippen LogP contribution < -0.4 is 5.32 Å². The summed E-state index contributed by atoms with van der Waals surface area (Å²) in [6, 6.07) is 5.42. The molecule has 1 amide bonds. The number of nitrogens with zero attached hydrogens (tertiary/aromatic N) is 3. The van der Waals surface area contributed by atoms with E-state index in [1.807, 2.05) is 29.1 Å². The maximum Gasteiger partial charge on any atom is 0.256 e. The van der Waals surface area contributed by atoms with Crippen molar-refractivity contribution in [2.45, 2.75) is 0 Å². The number of carbonyl (C=O) groups is 1. The molecule has 0 bridgehead atoms. The zero-order valence-electron chi connectivity index (χ0n) is 9.85. The Morgan fingerprint density at radius 2 is 2.26 bits per heavy atom. The number of amides is 1. The molecule has 0 saturated carbocycles. The summed E-state index contributed by atoms with van der Waals surface area (Å²) < 4.78 is 1.80. The van der Waals surface area contributed by atoms with Gasteiger partial charge in [-0.2, -0.15) is 11.3 Å². The van der Waals surface area contributed by atoms with Crippen molar-refractivity contribution in [3.8, 4) is 5.82 Å². The summed E-state index contributed by atoms with van der Waals surface area (Å²) in [5, 5.41) is 6.48. The minimum Gasteiger partial charge on any atom is -0.321 e. The second-order valence-corrected chi connectivity index (χ2v) is 4.62. The van der Waals surface area contributed by atoms with Crippen molar-refractivity contribution in [2.24, 2.45) is 0 Å². The summed E-state index contributed by atoms with van der Waals surface area (Å²) in [7, 11) is 0. The lowest BCUT2D eigenvalue weighted by molar-refractivity contribution is 0.102. The highest BCUT2D eigenvalue weighted by molar-refractivity contribution is 7.08. The van der Waals surface area contributed by atoms with Gasteiger partial charge in [-0.3, -0.25) is 9.36 Å². The van der Waals surface area contributed by atoms with E-state index >= 15 is 0 Å². The number of rotatable bonds is 3. The number of pyridine rings is 1. The molecule has 0 saturated heterocycles. The van der Waals surface area contributed by atoms with Crippen molar-refractivity contribution in [3.05, 3.63) is 59.4 Å². The fraction of sp³-hybridized carbons (Fsp3) is 0. The first kappa shape index (κ1) is 11.6. The number of carbonyl (C=O) groups excluding carboxylic acids is 1. The molecule has 94 valence electrons. The minimum absolute atomic E-state index is 0.126. The lowest BCUT2D eigenvalue weighted by atomic mass is 10.3. The van der Waals surface area contributed by atoms with Crippen LogP contribution in [0.2, 0.25) is 0 Å². The predicted molar refractivity (Wildman–Crippen MR) is 73.6 cm³/mol. The normalized spacial score (nSPS) is 10.3. The van der Waals surface area contributed by atoms with Gasteiger partial charge in [0.15, 0.2) is 0 Å². The van der Waals surface area contributed by atoms with E-state index in [0.29, 0.717) is 11.3 Å². The van der Waals surface area contributed by atoms with Gasteiger partial charge in [0, 0.05) is 17.8 Å². The number of hydrogen-bond donors (Lipinski definition) is 1. The Morgan fingerprint density at radius 1 is 1.32 bits per heavy atom. The summed E-state index contributed by atoms with van der Waals surface area (Å²) in [6.45, 7) is 0. The Bertz CT molecular complexity index is 659. The highest BCUT2D eigenvalue weighted by atomic mass is 32.1. The molecule has 0 fully saturated rings. The number of thiophene rings is 1. The van der Waals surface area contributed by atoms with Crippen LogP contribution in [-0.2, 0) is 0 Å². The molecule has 5 nitrogen and oxygen atoms in total. The van der Waals surface area contributed by atoms with Crippen molar-refractivity contribution in [1.29, 1.82) is 0 Å². The molecule has 1 N–H and O–H groups in total. The summed E-state index contributed by atoms with van der Waals surface area (Å²) in [5.41, 5.74) is 1.32. The van der Waals surface area contributed by atoms with Gasteiger partial charge < -0.3 is 5.32 Å². The van der Waals surface area contributed by atoms with Gasteiger partial charge in [-0.25, -0.2) is 9.97 Å². The first-order chi connectivity index (χ1) is 9.33. The standard InChI is InChI=1S/C13H10N4OS/c18-13(10-3-6-19-8-10)16-11-1-2-12(15-7-11)17-5-4-14-9-17/h1-9H,(H,16,18). The van der Waals surface area contributed by atoms with Crippen LogP contribution >= 0.6 is 11.3 Å². The van der Waals surface area contributed by atoms with Crippen molar-refractivity contribution in [2.75, 3.05) is 5.32 Å². The quantitative estimate of drug-likeness (QED) is 0.795. The first-order valence-electron chi connectivity index (χ1n) is 5.61. The minimum atomic E-state index is -0.126. The SMILES string of the molecule is O=C(Nc1ccc(-n2ccnc2)nc1)c1ccsc1. The largest absolute Gasteiger partial charge is 0.321 e. The van der Waals surface area contributed by atoms with E-state index in [0.717, 1.165) is 5.82 Å². The number of nitrogens with one attached hydrogen (secondary N) is 1. The van der Waals surface area contributed by atoms with Gasteiger partial charge >= 0.3 is 0 Å². The third kappa shape index (κ3) is 2.53. The highest BCUT2D eigenvalue weighted by Crippen LogP contribution is 2.12. The molecule has 0 aromatic carbocycles. The number of hydrogen-bond acceptors (Lipinski definition) is 4. The van der Waals surface area contributed by atoms with Gasteiger partial charge in [-0.05, 0) is 23.6 Å². The zero-order chi connectivity index (χ0) is 13.1. The fourth-order valence-electron chi connectivity index (χ4n) is 1.60. The molecule has 0 atom stereocenters.